The smallest absolute Gasteiger partial charge is 0.230 e. The van der Waals surface area contributed by atoms with E-state index in [1.807, 2.05) is 35.7 Å². The normalized spacial score (nSPS) is 12.0. The van der Waals surface area contributed by atoms with Gasteiger partial charge in [0.05, 0.1) is 23.0 Å². The fourth-order valence-electron chi connectivity index (χ4n) is 1.93. The van der Waals surface area contributed by atoms with Crippen LogP contribution in [0.5, 0.6) is 0 Å². The second-order valence-corrected chi connectivity index (χ2v) is 6.22. The molecule has 2 N–H and O–H groups in total. The third-order valence-corrected chi connectivity index (χ3v) is 4.52. The molecule has 0 saturated heterocycles. The number of thioether (sulfide) groups is 1. The molecule has 1 heterocycles. The van der Waals surface area contributed by atoms with Crippen molar-refractivity contribution >= 4 is 29.0 Å². The minimum atomic E-state index is -0.136. The highest BCUT2D eigenvalue weighted by molar-refractivity contribution is 7.99. The molecule has 6 heteroatoms. The predicted octanol–water partition coefficient (Wildman–Crippen LogP) is 2.62. The number of carbonyl (C=O) groups excluding carboxylic acids is 1. The highest BCUT2D eigenvalue weighted by Gasteiger charge is 2.13. The number of carbonyl (C=O) groups is 1. The van der Waals surface area contributed by atoms with E-state index in [1.165, 1.54) is 0 Å². The molecule has 0 saturated carbocycles. The number of benzene rings is 1. The number of amides is 1. The summed E-state index contributed by atoms with van der Waals surface area (Å²) < 4.78 is 0. The molecule has 2 rings (SSSR count). The average molecular weight is 322 g/mol. The largest absolute Gasteiger partial charge is 0.396 e. The molecule has 0 spiro atoms. The molecular weight excluding hydrogens is 304 g/mol. The fourth-order valence-corrected chi connectivity index (χ4v) is 3.33. The molecule has 0 bridgehead atoms. The van der Waals surface area contributed by atoms with Gasteiger partial charge in [0.2, 0.25) is 5.91 Å². The molecule has 0 aliphatic heterocycles. The first-order chi connectivity index (χ1) is 10.3. The Hall–Kier alpha value is -1.37. The number of nitrogens with zero attached hydrogens (tertiary/aromatic N) is 1. The van der Waals surface area contributed by atoms with Crippen molar-refractivity contribution in [3.8, 4) is 0 Å². The molecule has 1 atom stereocenters. The third-order valence-electron chi connectivity index (χ3n) is 2.92. The van der Waals surface area contributed by atoms with E-state index in [0.29, 0.717) is 12.2 Å². The molecule has 0 aliphatic rings. The van der Waals surface area contributed by atoms with Crippen LogP contribution < -0.4 is 5.32 Å². The second kappa shape index (κ2) is 8.81. The van der Waals surface area contributed by atoms with E-state index in [-0.39, 0.29) is 18.6 Å². The third kappa shape index (κ3) is 5.49. The quantitative estimate of drug-likeness (QED) is 0.784. The lowest BCUT2D eigenvalue weighted by Gasteiger charge is -2.18. The SMILES string of the molecule is O=C(CSCc1cscn1)NC(CCO)c1ccccc1. The van der Waals surface area contributed by atoms with Crippen molar-refractivity contribution in [3.63, 3.8) is 0 Å². The number of aromatic nitrogens is 1. The highest BCUT2D eigenvalue weighted by Crippen LogP contribution is 2.17. The van der Waals surface area contributed by atoms with Gasteiger partial charge in [-0.3, -0.25) is 4.79 Å². The summed E-state index contributed by atoms with van der Waals surface area (Å²) in [5.41, 5.74) is 3.82. The average Bonchev–Trinajstić information content (AvgIpc) is 3.01. The lowest BCUT2D eigenvalue weighted by Crippen LogP contribution is -2.30. The number of aliphatic hydroxyl groups is 1. The maximum atomic E-state index is 12.0. The molecule has 112 valence electrons. The minimum Gasteiger partial charge on any atom is -0.396 e. The Morgan fingerprint density at radius 3 is 2.86 bits per heavy atom. The van der Waals surface area contributed by atoms with Gasteiger partial charge >= 0.3 is 0 Å². The lowest BCUT2D eigenvalue weighted by molar-refractivity contribution is -0.119. The zero-order valence-electron chi connectivity index (χ0n) is 11.6. The number of thiazole rings is 1. The molecule has 1 aromatic carbocycles. The molecule has 1 unspecified atom stereocenters. The topological polar surface area (TPSA) is 62.2 Å². The van der Waals surface area contributed by atoms with Crippen LogP contribution in [0.2, 0.25) is 0 Å². The molecule has 21 heavy (non-hydrogen) atoms. The summed E-state index contributed by atoms with van der Waals surface area (Å²) in [5, 5.41) is 14.1. The van der Waals surface area contributed by atoms with E-state index in [4.69, 9.17) is 5.11 Å². The second-order valence-electron chi connectivity index (χ2n) is 4.52. The van der Waals surface area contributed by atoms with Crippen LogP contribution in [0, 0.1) is 0 Å². The number of hydrogen-bond donors (Lipinski definition) is 2. The first kappa shape index (κ1) is 16.0. The molecule has 2 aromatic rings. The van der Waals surface area contributed by atoms with Crippen LogP contribution in [0.3, 0.4) is 0 Å². The van der Waals surface area contributed by atoms with Gasteiger partial charge in [-0.2, -0.15) is 0 Å². The molecule has 0 radical (unpaired) electrons. The Labute approximate surface area is 132 Å². The number of rotatable bonds is 8. The zero-order valence-corrected chi connectivity index (χ0v) is 13.2. The van der Waals surface area contributed by atoms with Gasteiger partial charge in [-0.25, -0.2) is 4.98 Å². The molecule has 0 aliphatic carbocycles. The van der Waals surface area contributed by atoms with Gasteiger partial charge in [0.1, 0.15) is 0 Å². The molecular formula is C15H18N2O2S2. The van der Waals surface area contributed by atoms with E-state index in [9.17, 15) is 4.79 Å². The summed E-state index contributed by atoms with van der Waals surface area (Å²) in [6.07, 6.45) is 0.520. The number of nitrogens with one attached hydrogen (secondary N) is 1. The van der Waals surface area contributed by atoms with Crippen LogP contribution in [0.25, 0.3) is 0 Å². The predicted molar refractivity (Wildman–Crippen MR) is 87.3 cm³/mol. The monoisotopic (exact) mass is 322 g/mol. The first-order valence-corrected chi connectivity index (χ1v) is 8.79. The van der Waals surface area contributed by atoms with Crippen molar-refractivity contribution in [2.24, 2.45) is 0 Å². The van der Waals surface area contributed by atoms with Gasteiger partial charge in [-0.15, -0.1) is 23.1 Å². The minimum absolute atomic E-state index is 0.0162. The van der Waals surface area contributed by atoms with Gasteiger partial charge in [0.15, 0.2) is 0 Å². The van der Waals surface area contributed by atoms with Crippen molar-refractivity contribution in [2.75, 3.05) is 12.4 Å². The Morgan fingerprint density at radius 2 is 2.19 bits per heavy atom. The lowest BCUT2D eigenvalue weighted by atomic mass is 10.0. The molecule has 1 aromatic heterocycles. The summed E-state index contributed by atoms with van der Waals surface area (Å²) in [6.45, 7) is 0.0474. The van der Waals surface area contributed by atoms with Crippen molar-refractivity contribution in [2.45, 2.75) is 18.2 Å². The van der Waals surface area contributed by atoms with Gasteiger partial charge in [0, 0.05) is 17.7 Å². The maximum Gasteiger partial charge on any atom is 0.230 e. The molecule has 4 nitrogen and oxygen atoms in total. The van der Waals surface area contributed by atoms with E-state index in [0.717, 1.165) is 17.0 Å². The van der Waals surface area contributed by atoms with Crippen molar-refractivity contribution in [1.82, 2.24) is 10.3 Å². The van der Waals surface area contributed by atoms with Crippen LogP contribution in [-0.4, -0.2) is 28.4 Å². The van der Waals surface area contributed by atoms with Crippen LogP contribution >= 0.6 is 23.1 Å². The first-order valence-electron chi connectivity index (χ1n) is 6.69. The van der Waals surface area contributed by atoms with Gasteiger partial charge in [0.25, 0.3) is 0 Å². The zero-order chi connectivity index (χ0) is 14.9. The molecule has 0 fully saturated rings. The van der Waals surface area contributed by atoms with Crippen LogP contribution in [0.4, 0.5) is 0 Å². The van der Waals surface area contributed by atoms with E-state index < -0.39 is 0 Å². The summed E-state index contributed by atoms with van der Waals surface area (Å²) in [4.78, 5) is 16.2. The van der Waals surface area contributed by atoms with Gasteiger partial charge < -0.3 is 10.4 Å². The van der Waals surface area contributed by atoms with E-state index in [1.54, 1.807) is 28.6 Å². The highest BCUT2D eigenvalue weighted by atomic mass is 32.2. The van der Waals surface area contributed by atoms with Crippen molar-refractivity contribution < 1.29 is 9.90 Å². The number of aliphatic hydroxyl groups excluding tert-OH is 1. The van der Waals surface area contributed by atoms with E-state index in [2.05, 4.69) is 10.3 Å². The van der Waals surface area contributed by atoms with Crippen LogP contribution in [0.1, 0.15) is 23.7 Å². The van der Waals surface area contributed by atoms with Gasteiger partial charge in [-0.05, 0) is 12.0 Å². The maximum absolute atomic E-state index is 12.0. The summed E-state index contributed by atoms with van der Waals surface area (Å²) >= 11 is 3.10. The Morgan fingerprint density at radius 1 is 1.38 bits per heavy atom. The summed E-state index contributed by atoms with van der Waals surface area (Å²) in [6, 6.07) is 9.59. The molecule has 1 amide bonds. The van der Waals surface area contributed by atoms with Crippen LogP contribution in [0.15, 0.2) is 41.2 Å². The summed E-state index contributed by atoms with van der Waals surface area (Å²) in [7, 11) is 0. The Kier molecular flexibility index (Phi) is 6.72. The fraction of sp³-hybridized carbons (Fsp3) is 0.333. The van der Waals surface area contributed by atoms with E-state index >= 15 is 0 Å². The van der Waals surface area contributed by atoms with Gasteiger partial charge in [-0.1, -0.05) is 30.3 Å². The Bertz CT molecular complexity index is 532. The number of hydrogen-bond acceptors (Lipinski definition) is 5. The standard InChI is InChI=1S/C15H18N2O2S2/c18-7-6-14(12-4-2-1-3-5-12)17-15(19)10-20-8-13-9-21-11-16-13/h1-5,9,11,14,18H,6-8,10H2,(H,17,19). The summed E-state index contributed by atoms with van der Waals surface area (Å²) in [5.74, 6) is 1.12. The Balaban J connectivity index is 1.81. The van der Waals surface area contributed by atoms with Crippen molar-refractivity contribution in [3.05, 3.63) is 52.5 Å². The van der Waals surface area contributed by atoms with Crippen LogP contribution in [-0.2, 0) is 10.5 Å². The van der Waals surface area contributed by atoms with Crippen molar-refractivity contribution in [1.29, 1.82) is 0 Å².